The minimum atomic E-state index is -0.968. The number of aliphatic carboxylic acids is 1. The number of aryl methyl sites for hydroxylation is 2. The highest BCUT2D eigenvalue weighted by Gasteiger charge is 2.04. The Bertz CT molecular complexity index is 705. The molecule has 0 unspecified atom stereocenters. The molecule has 0 radical (unpaired) electrons. The molecule has 3 nitrogen and oxygen atoms in total. The highest BCUT2D eigenvalue weighted by molar-refractivity contribution is 6.31. The fourth-order valence-electron chi connectivity index (χ4n) is 1.87. The molecule has 0 heterocycles. The first-order chi connectivity index (χ1) is 9.95. The summed E-state index contributed by atoms with van der Waals surface area (Å²) in [5.74, 6) is 0.475. The molecule has 1 N–H and O–H groups in total. The number of ether oxygens (including phenoxy) is 1. The molecule has 0 aliphatic rings. The van der Waals surface area contributed by atoms with Crippen molar-refractivity contribution < 1.29 is 14.6 Å². The topological polar surface area (TPSA) is 46.5 Å². The molecule has 2 rings (SSSR count). The second-order valence-corrected chi connectivity index (χ2v) is 5.12. The number of halogens is 1. The second-order valence-electron chi connectivity index (χ2n) is 4.71. The molecule has 0 saturated carbocycles. The molecule has 0 aliphatic carbocycles. The van der Waals surface area contributed by atoms with Gasteiger partial charge >= 0.3 is 5.97 Å². The van der Waals surface area contributed by atoms with E-state index < -0.39 is 5.97 Å². The summed E-state index contributed by atoms with van der Waals surface area (Å²) < 4.78 is 5.83. The maximum atomic E-state index is 10.5. The lowest BCUT2D eigenvalue weighted by molar-refractivity contribution is -0.131. The minimum absolute atomic E-state index is 0.702. The fraction of sp³-hybridized carbons (Fsp3) is 0.118. The van der Waals surface area contributed by atoms with E-state index in [9.17, 15) is 4.79 Å². The third kappa shape index (κ3) is 4.10. The zero-order valence-corrected chi connectivity index (χ0v) is 12.5. The first-order valence-corrected chi connectivity index (χ1v) is 6.79. The van der Waals surface area contributed by atoms with Gasteiger partial charge in [-0.2, -0.15) is 0 Å². The first kappa shape index (κ1) is 15.1. The second kappa shape index (κ2) is 6.46. The van der Waals surface area contributed by atoms with Gasteiger partial charge in [-0.15, -0.1) is 0 Å². The summed E-state index contributed by atoms with van der Waals surface area (Å²) in [7, 11) is 0. The third-order valence-corrected chi connectivity index (χ3v) is 3.40. The third-order valence-electron chi connectivity index (χ3n) is 2.97. The normalized spacial score (nSPS) is 10.8. The van der Waals surface area contributed by atoms with E-state index in [0.29, 0.717) is 10.8 Å². The van der Waals surface area contributed by atoms with Crippen LogP contribution in [0.5, 0.6) is 11.5 Å². The average Bonchev–Trinajstić information content (AvgIpc) is 2.43. The quantitative estimate of drug-likeness (QED) is 0.821. The van der Waals surface area contributed by atoms with Gasteiger partial charge in [0.2, 0.25) is 0 Å². The molecule has 108 valence electrons. The Kier molecular flexibility index (Phi) is 4.66. The van der Waals surface area contributed by atoms with E-state index in [-0.39, 0.29) is 0 Å². The van der Waals surface area contributed by atoms with Gasteiger partial charge in [-0.05, 0) is 66.9 Å². The summed E-state index contributed by atoms with van der Waals surface area (Å²) in [6.07, 6.45) is 2.66. The van der Waals surface area contributed by atoms with Gasteiger partial charge in [-0.3, -0.25) is 0 Å². The number of carbonyl (C=O) groups is 1. The Morgan fingerprint density at radius 2 is 1.90 bits per heavy atom. The number of carboxylic acids is 1. The van der Waals surface area contributed by atoms with Crippen LogP contribution in [0.15, 0.2) is 42.5 Å². The summed E-state index contributed by atoms with van der Waals surface area (Å²) in [5, 5.41) is 9.32. The van der Waals surface area contributed by atoms with Crippen molar-refractivity contribution in [3.05, 3.63) is 64.2 Å². The molecular formula is C17H15ClO3. The molecule has 0 spiro atoms. The monoisotopic (exact) mass is 302 g/mol. The van der Waals surface area contributed by atoms with E-state index in [0.717, 1.165) is 28.5 Å². The molecule has 0 saturated heterocycles. The van der Waals surface area contributed by atoms with Gasteiger partial charge in [-0.1, -0.05) is 17.7 Å². The van der Waals surface area contributed by atoms with Crippen molar-refractivity contribution in [3.8, 4) is 11.5 Å². The summed E-state index contributed by atoms with van der Waals surface area (Å²) in [6, 6.07) is 11.0. The Labute approximate surface area is 128 Å². The fourth-order valence-corrected chi connectivity index (χ4v) is 1.98. The van der Waals surface area contributed by atoms with Crippen molar-refractivity contribution in [2.75, 3.05) is 0 Å². The lowest BCUT2D eigenvalue weighted by Crippen LogP contribution is -1.90. The smallest absolute Gasteiger partial charge is 0.328 e. The molecule has 4 heteroatoms. The number of hydrogen-bond donors (Lipinski definition) is 1. The SMILES string of the molecule is Cc1cc(Oc2ccc(C=CC(=O)O)cc2C)ccc1Cl. The Hall–Kier alpha value is -2.26. The summed E-state index contributed by atoms with van der Waals surface area (Å²) in [5.41, 5.74) is 2.69. The number of benzene rings is 2. The van der Waals surface area contributed by atoms with Crippen molar-refractivity contribution >= 4 is 23.6 Å². The molecule has 21 heavy (non-hydrogen) atoms. The van der Waals surface area contributed by atoms with Crippen LogP contribution in [0.3, 0.4) is 0 Å². The maximum absolute atomic E-state index is 10.5. The van der Waals surface area contributed by atoms with E-state index in [1.165, 1.54) is 0 Å². The van der Waals surface area contributed by atoms with Crippen LogP contribution in [-0.2, 0) is 4.79 Å². The molecule has 0 bridgehead atoms. The number of hydrogen-bond acceptors (Lipinski definition) is 2. The van der Waals surface area contributed by atoms with Crippen molar-refractivity contribution in [1.29, 1.82) is 0 Å². The average molecular weight is 303 g/mol. The standard InChI is InChI=1S/C17H15ClO3/c1-11-10-14(5-6-15(11)18)21-16-7-3-13(9-12(16)2)4-8-17(19)20/h3-10H,1-2H3,(H,19,20). The Balaban J connectivity index is 2.21. The Morgan fingerprint density at radius 3 is 2.52 bits per heavy atom. The van der Waals surface area contributed by atoms with Gasteiger partial charge in [0.1, 0.15) is 11.5 Å². The zero-order valence-electron chi connectivity index (χ0n) is 11.8. The summed E-state index contributed by atoms with van der Waals surface area (Å²) in [6.45, 7) is 3.83. The van der Waals surface area contributed by atoms with Crippen LogP contribution < -0.4 is 4.74 Å². The lowest BCUT2D eigenvalue weighted by atomic mass is 10.1. The molecule has 0 amide bonds. The van der Waals surface area contributed by atoms with Crippen LogP contribution in [0.2, 0.25) is 5.02 Å². The van der Waals surface area contributed by atoms with Crippen molar-refractivity contribution in [2.24, 2.45) is 0 Å². The summed E-state index contributed by atoms with van der Waals surface area (Å²) >= 11 is 5.98. The van der Waals surface area contributed by atoms with Crippen molar-refractivity contribution in [2.45, 2.75) is 13.8 Å². The largest absolute Gasteiger partial charge is 0.478 e. The van der Waals surface area contributed by atoms with Crippen molar-refractivity contribution in [3.63, 3.8) is 0 Å². The van der Waals surface area contributed by atoms with Gasteiger partial charge in [0.25, 0.3) is 0 Å². The lowest BCUT2D eigenvalue weighted by Gasteiger charge is -2.10. The molecule has 2 aromatic rings. The highest BCUT2D eigenvalue weighted by Crippen LogP contribution is 2.28. The van der Waals surface area contributed by atoms with Crippen LogP contribution in [0.25, 0.3) is 6.08 Å². The van der Waals surface area contributed by atoms with Gasteiger partial charge in [-0.25, -0.2) is 4.79 Å². The van der Waals surface area contributed by atoms with Gasteiger partial charge in [0, 0.05) is 11.1 Å². The molecule has 0 fully saturated rings. The molecule has 0 aromatic heterocycles. The van der Waals surface area contributed by atoms with Crippen LogP contribution in [0.4, 0.5) is 0 Å². The number of rotatable bonds is 4. The molecule has 0 atom stereocenters. The van der Waals surface area contributed by atoms with Crippen LogP contribution in [-0.4, -0.2) is 11.1 Å². The summed E-state index contributed by atoms with van der Waals surface area (Å²) in [4.78, 5) is 10.5. The van der Waals surface area contributed by atoms with Gasteiger partial charge < -0.3 is 9.84 Å². The zero-order chi connectivity index (χ0) is 15.4. The van der Waals surface area contributed by atoms with Crippen LogP contribution in [0.1, 0.15) is 16.7 Å². The first-order valence-electron chi connectivity index (χ1n) is 6.41. The van der Waals surface area contributed by atoms with Crippen LogP contribution in [0, 0.1) is 13.8 Å². The van der Waals surface area contributed by atoms with E-state index in [4.69, 9.17) is 21.4 Å². The van der Waals surface area contributed by atoms with Crippen LogP contribution >= 0.6 is 11.6 Å². The number of carboxylic acid groups (broad SMARTS) is 1. The predicted octanol–water partition coefficient (Wildman–Crippen LogP) is 4.85. The van der Waals surface area contributed by atoms with E-state index in [1.807, 2.05) is 44.2 Å². The molecular weight excluding hydrogens is 288 g/mol. The predicted molar refractivity (Wildman–Crippen MR) is 84.1 cm³/mol. The maximum Gasteiger partial charge on any atom is 0.328 e. The highest BCUT2D eigenvalue weighted by atomic mass is 35.5. The minimum Gasteiger partial charge on any atom is -0.478 e. The van der Waals surface area contributed by atoms with E-state index in [2.05, 4.69) is 0 Å². The van der Waals surface area contributed by atoms with Gasteiger partial charge in [0.15, 0.2) is 0 Å². The van der Waals surface area contributed by atoms with E-state index >= 15 is 0 Å². The molecule has 0 aliphatic heterocycles. The van der Waals surface area contributed by atoms with E-state index in [1.54, 1.807) is 12.1 Å². The van der Waals surface area contributed by atoms with Crippen molar-refractivity contribution in [1.82, 2.24) is 0 Å². The molecule has 2 aromatic carbocycles. The Morgan fingerprint density at radius 1 is 1.14 bits per heavy atom. The van der Waals surface area contributed by atoms with Gasteiger partial charge in [0.05, 0.1) is 0 Å².